The molecule has 20 heavy (non-hydrogen) atoms. The number of rotatable bonds is 2. The second-order valence-corrected chi connectivity index (χ2v) is 5.72. The Bertz CT molecular complexity index is 610. The Kier molecular flexibility index (Phi) is 3.68. The molecule has 2 aromatic carbocycles. The summed E-state index contributed by atoms with van der Waals surface area (Å²) in [6, 6.07) is 17.0. The fourth-order valence-electron chi connectivity index (χ4n) is 3.11. The lowest BCUT2D eigenvalue weighted by Crippen LogP contribution is -2.17. The average molecular weight is 264 g/mol. The number of carbonyl (C=O) groups is 1. The van der Waals surface area contributed by atoms with Crippen LogP contribution in [0.2, 0.25) is 0 Å². The van der Waals surface area contributed by atoms with E-state index in [2.05, 4.69) is 55.5 Å². The summed E-state index contributed by atoms with van der Waals surface area (Å²) in [6.07, 6.45) is 3.97. The highest BCUT2D eigenvalue weighted by atomic mass is 16.1. The third-order valence-corrected chi connectivity index (χ3v) is 4.25. The summed E-state index contributed by atoms with van der Waals surface area (Å²) in [6.45, 7) is 2.10. The van der Waals surface area contributed by atoms with Gasteiger partial charge in [0.2, 0.25) is 0 Å². The van der Waals surface area contributed by atoms with Crippen molar-refractivity contribution < 1.29 is 4.79 Å². The number of Topliss-reactive ketones (excluding diaryl/α,β-unsaturated/α-hetero) is 1. The molecule has 0 spiro atoms. The summed E-state index contributed by atoms with van der Waals surface area (Å²) in [5.74, 6) is 0.511. The topological polar surface area (TPSA) is 17.1 Å². The van der Waals surface area contributed by atoms with Crippen molar-refractivity contribution in [3.63, 3.8) is 0 Å². The van der Waals surface area contributed by atoms with Gasteiger partial charge in [0.05, 0.1) is 0 Å². The summed E-state index contributed by atoms with van der Waals surface area (Å²) in [5.41, 5.74) is 4.90. The molecule has 0 radical (unpaired) electrons. The first-order chi connectivity index (χ1) is 9.75. The number of hydrogen-bond donors (Lipinski definition) is 0. The van der Waals surface area contributed by atoms with E-state index in [-0.39, 0.29) is 5.92 Å². The maximum atomic E-state index is 12.2. The van der Waals surface area contributed by atoms with Crippen LogP contribution in [0.5, 0.6) is 0 Å². The fraction of sp³-hybridized carbons (Fsp3) is 0.316. The molecule has 1 saturated carbocycles. The molecule has 1 aliphatic carbocycles. The lowest BCUT2D eigenvalue weighted by molar-refractivity contribution is -0.121. The summed E-state index contributed by atoms with van der Waals surface area (Å²) < 4.78 is 0. The second kappa shape index (κ2) is 5.62. The quantitative estimate of drug-likeness (QED) is 0.755. The first-order valence-electron chi connectivity index (χ1n) is 7.44. The Morgan fingerprint density at radius 2 is 1.70 bits per heavy atom. The van der Waals surface area contributed by atoms with Gasteiger partial charge < -0.3 is 0 Å². The smallest absolute Gasteiger partial charge is 0.140 e. The molecule has 3 rings (SSSR count). The van der Waals surface area contributed by atoms with E-state index in [4.69, 9.17) is 0 Å². The molecule has 0 saturated heterocycles. The Morgan fingerprint density at radius 1 is 0.950 bits per heavy atom. The third-order valence-electron chi connectivity index (χ3n) is 4.25. The van der Waals surface area contributed by atoms with Crippen LogP contribution >= 0.6 is 0 Å². The lowest BCUT2D eigenvalue weighted by atomic mass is 9.80. The van der Waals surface area contributed by atoms with Gasteiger partial charge in [-0.1, -0.05) is 60.5 Å². The van der Waals surface area contributed by atoms with Crippen LogP contribution in [0.3, 0.4) is 0 Å². The fourth-order valence-corrected chi connectivity index (χ4v) is 3.11. The highest BCUT2D eigenvalue weighted by Gasteiger charge is 2.25. The van der Waals surface area contributed by atoms with Gasteiger partial charge in [0.25, 0.3) is 0 Å². The molecule has 0 aromatic heterocycles. The van der Waals surface area contributed by atoms with Crippen molar-refractivity contribution in [1.82, 2.24) is 0 Å². The highest BCUT2D eigenvalue weighted by molar-refractivity contribution is 5.88. The van der Waals surface area contributed by atoms with E-state index in [1.54, 1.807) is 0 Å². The molecule has 0 N–H and O–H groups in total. The Balaban J connectivity index is 2.03. The molecular formula is C19H20O. The Labute approximate surface area is 120 Å². The van der Waals surface area contributed by atoms with Crippen molar-refractivity contribution in [2.45, 2.75) is 38.5 Å². The lowest BCUT2D eigenvalue weighted by Gasteiger charge is -2.23. The normalized spacial score (nSPS) is 19.1. The first-order valence-corrected chi connectivity index (χ1v) is 7.44. The molecule has 0 amide bonds. The molecule has 1 nitrogen and oxygen atoms in total. The van der Waals surface area contributed by atoms with Crippen LogP contribution in [0, 0.1) is 6.92 Å². The van der Waals surface area contributed by atoms with E-state index in [1.165, 1.54) is 28.7 Å². The zero-order chi connectivity index (χ0) is 13.9. The number of carbonyl (C=O) groups excluding carboxylic acids is 1. The van der Waals surface area contributed by atoms with E-state index in [9.17, 15) is 4.79 Å². The van der Waals surface area contributed by atoms with E-state index >= 15 is 0 Å². The molecule has 0 bridgehead atoms. The van der Waals surface area contributed by atoms with Gasteiger partial charge in [-0.25, -0.2) is 0 Å². The van der Waals surface area contributed by atoms with Gasteiger partial charge in [-0.05, 0) is 36.5 Å². The first kappa shape index (κ1) is 13.1. The van der Waals surface area contributed by atoms with Crippen LogP contribution in [-0.2, 0) is 4.79 Å². The van der Waals surface area contributed by atoms with E-state index in [0.717, 1.165) is 19.3 Å². The third kappa shape index (κ3) is 2.53. The van der Waals surface area contributed by atoms with E-state index in [1.807, 2.05) is 0 Å². The molecule has 0 heterocycles. The van der Waals surface area contributed by atoms with Crippen LogP contribution in [-0.4, -0.2) is 5.78 Å². The Hall–Kier alpha value is -1.89. The van der Waals surface area contributed by atoms with Gasteiger partial charge in [0.15, 0.2) is 0 Å². The number of aryl methyl sites for hydroxylation is 1. The largest absolute Gasteiger partial charge is 0.299 e. The molecule has 2 aromatic rings. The minimum absolute atomic E-state index is 0.0984. The maximum absolute atomic E-state index is 12.2. The van der Waals surface area contributed by atoms with Crippen LogP contribution in [0.25, 0.3) is 11.1 Å². The summed E-state index contributed by atoms with van der Waals surface area (Å²) in [7, 11) is 0. The molecule has 1 fully saturated rings. The van der Waals surface area contributed by atoms with Crippen LogP contribution in [0.4, 0.5) is 0 Å². The van der Waals surface area contributed by atoms with Crippen molar-refractivity contribution in [3.05, 3.63) is 59.7 Å². The van der Waals surface area contributed by atoms with Crippen LogP contribution < -0.4 is 0 Å². The van der Waals surface area contributed by atoms with Crippen molar-refractivity contribution in [2.24, 2.45) is 0 Å². The van der Waals surface area contributed by atoms with Gasteiger partial charge in [0, 0.05) is 12.3 Å². The van der Waals surface area contributed by atoms with Gasteiger partial charge in [0.1, 0.15) is 5.78 Å². The molecule has 1 aliphatic rings. The number of benzene rings is 2. The van der Waals surface area contributed by atoms with Crippen molar-refractivity contribution in [2.75, 3.05) is 0 Å². The molecule has 102 valence electrons. The predicted molar refractivity (Wildman–Crippen MR) is 82.8 cm³/mol. The SMILES string of the molecule is Cc1ccc(-c2ccccc2C2CCCCC2=O)cc1. The zero-order valence-electron chi connectivity index (χ0n) is 11.9. The average Bonchev–Trinajstić information content (AvgIpc) is 2.49. The van der Waals surface area contributed by atoms with Gasteiger partial charge in [-0.3, -0.25) is 4.79 Å². The van der Waals surface area contributed by atoms with Crippen LogP contribution in [0.1, 0.15) is 42.7 Å². The van der Waals surface area contributed by atoms with Crippen LogP contribution in [0.15, 0.2) is 48.5 Å². The summed E-state index contributed by atoms with van der Waals surface area (Å²) in [5, 5.41) is 0. The second-order valence-electron chi connectivity index (χ2n) is 5.72. The standard InChI is InChI=1S/C19H20O/c1-14-10-12-15(13-11-14)16-6-2-3-7-17(16)18-8-4-5-9-19(18)20/h2-3,6-7,10-13,18H,4-5,8-9H2,1H3. The van der Waals surface area contributed by atoms with E-state index in [0.29, 0.717) is 5.78 Å². The monoisotopic (exact) mass is 264 g/mol. The molecule has 1 atom stereocenters. The van der Waals surface area contributed by atoms with Gasteiger partial charge in [-0.2, -0.15) is 0 Å². The Morgan fingerprint density at radius 3 is 2.45 bits per heavy atom. The van der Waals surface area contributed by atoms with Gasteiger partial charge in [-0.15, -0.1) is 0 Å². The zero-order valence-corrected chi connectivity index (χ0v) is 11.9. The highest BCUT2D eigenvalue weighted by Crippen LogP contribution is 2.36. The summed E-state index contributed by atoms with van der Waals surface area (Å²) >= 11 is 0. The van der Waals surface area contributed by atoms with Crippen molar-refractivity contribution >= 4 is 5.78 Å². The predicted octanol–water partition coefficient (Wildman–Crippen LogP) is 4.89. The number of hydrogen-bond acceptors (Lipinski definition) is 1. The molecule has 1 heteroatoms. The van der Waals surface area contributed by atoms with Gasteiger partial charge >= 0.3 is 0 Å². The molecule has 1 unspecified atom stereocenters. The molecular weight excluding hydrogens is 244 g/mol. The van der Waals surface area contributed by atoms with Crippen molar-refractivity contribution in [1.29, 1.82) is 0 Å². The number of ketones is 1. The molecule has 0 aliphatic heterocycles. The van der Waals surface area contributed by atoms with E-state index < -0.39 is 0 Å². The minimum atomic E-state index is 0.0984. The van der Waals surface area contributed by atoms with Crippen molar-refractivity contribution in [3.8, 4) is 11.1 Å². The summed E-state index contributed by atoms with van der Waals surface area (Å²) in [4.78, 5) is 12.2. The maximum Gasteiger partial charge on any atom is 0.140 e. The minimum Gasteiger partial charge on any atom is -0.299 e.